The van der Waals surface area contributed by atoms with E-state index in [0.29, 0.717) is 13.0 Å². The van der Waals surface area contributed by atoms with Crippen LogP contribution in [0.25, 0.3) is 0 Å². The van der Waals surface area contributed by atoms with Crippen molar-refractivity contribution in [2.24, 2.45) is 5.73 Å². The number of thioether (sulfide) groups is 1. The summed E-state index contributed by atoms with van der Waals surface area (Å²) in [4.78, 5) is 14.6. The molecule has 1 heterocycles. The Morgan fingerprint density at radius 3 is 1.89 bits per heavy atom. The summed E-state index contributed by atoms with van der Waals surface area (Å²) >= 11 is 1.85. The lowest BCUT2D eigenvalue weighted by molar-refractivity contribution is 0.109. The number of benzene rings is 3. The fourth-order valence-electron chi connectivity index (χ4n) is 4.82. The molecule has 0 bridgehead atoms. The third kappa shape index (κ3) is 5.94. The van der Waals surface area contributed by atoms with Crippen LogP contribution in [-0.2, 0) is 9.48 Å². The lowest BCUT2D eigenvalue weighted by Crippen LogP contribution is -2.38. The number of halogens is 1. The molecule has 36 heavy (non-hydrogen) atoms. The van der Waals surface area contributed by atoms with Gasteiger partial charge in [0.05, 0.1) is 10.6 Å². The van der Waals surface area contributed by atoms with Gasteiger partial charge in [-0.25, -0.2) is 4.79 Å². The minimum absolute atomic E-state index is 0. The highest BCUT2D eigenvalue weighted by atomic mass is 35.5. The first-order valence-corrected chi connectivity index (χ1v) is 12.6. The first-order chi connectivity index (χ1) is 17.0. The van der Waals surface area contributed by atoms with Gasteiger partial charge in [0, 0.05) is 24.3 Å². The molecule has 3 aromatic carbocycles. The van der Waals surface area contributed by atoms with E-state index in [1.165, 1.54) is 16.7 Å². The molecule has 1 saturated heterocycles. The molecule has 4 rings (SSSR count). The third-order valence-electron chi connectivity index (χ3n) is 6.28. The molecule has 0 unspecified atom stereocenters. The predicted molar refractivity (Wildman–Crippen MR) is 151 cm³/mol. The molecule has 2 atom stereocenters. The number of hydrogen-bond donors (Lipinski definition) is 2. The number of nitrogens with one attached hydrogen (secondary N) is 1. The van der Waals surface area contributed by atoms with E-state index in [2.05, 4.69) is 79.4 Å². The quantitative estimate of drug-likeness (QED) is 0.151. The molecule has 5 nitrogen and oxygen atoms in total. The number of nitrogens with zero attached hydrogens (tertiary/aromatic N) is 1. The minimum Gasteiger partial charge on any atom is -0.445 e. The van der Waals surface area contributed by atoms with Crippen molar-refractivity contribution in [3.8, 4) is 0 Å². The largest absolute Gasteiger partial charge is 0.445 e. The second kappa shape index (κ2) is 12.7. The summed E-state index contributed by atoms with van der Waals surface area (Å²) in [6.07, 6.45) is 2.23. The van der Waals surface area contributed by atoms with E-state index in [9.17, 15) is 4.79 Å². The summed E-state index contributed by atoms with van der Waals surface area (Å²) in [6.45, 7) is 4.31. The van der Waals surface area contributed by atoms with Crippen LogP contribution in [0, 0.1) is 5.41 Å². The molecule has 0 radical (unpaired) electrons. The molecular weight excluding hydrogens is 490 g/mol. The third-order valence-corrected chi connectivity index (χ3v) is 8.01. The normalized spacial score (nSPS) is 17.2. The Bertz CT molecular complexity index is 1050. The summed E-state index contributed by atoms with van der Waals surface area (Å²) in [6, 6.07) is 31.4. The van der Waals surface area contributed by atoms with Crippen LogP contribution in [0.1, 0.15) is 29.5 Å². The van der Waals surface area contributed by atoms with Crippen LogP contribution in [0.15, 0.2) is 104 Å². The molecular formula is C29H32ClN3O2S. The fourth-order valence-corrected chi connectivity index (χ4v) is 6.69. The summed E-state index contributed by atoms with van der Waals surface area (Å²) in [5.74, 6) is 0.0719. The topological polar surface area (TPSA) is 79.4 Å². The van der Waals surface area contributed by atoms with Crippen LogP contribution in [0.5, 0.6) is 0 Å². The standard InChI is InChI=1S/C29H31N3O2S.ClH/c1-2-18-34-28(33)32-21-26(19-25(32)20-27(30)31)35-29(22-12-6-3-7-13-22,23-14-8-4-9-15-23)24-16-10-5-11-17-24;/h2-17,25-26H,1,18-21H2,(H3,30,31);1H/t25-,26-;/m0./s1. The van der Waals surface area contributed by atoms with Gasteiger partial charge in [0.15, 0.2) is 0 Å². The molecule has 1 fully saturated rings. The molecule has 1 aliphatic heterocycles. The van der Waals surface area contributed by atoms with Gasteiger partial charge in [0.2, 0.25) is 0 Å². The Hall–Kier alpha value is -3.22. The van der Waals surface area contributed by atoms with E-state index in [1.54, 1.807) is 11.0 Å². The Balaban J connectivity index is 0.00000361. The average Bonchev–Trinajstić information content (AvgIpc) is 3.28. The van der Waals surface area contributed by atoms with Gasteiger partial charge in [-0.2, -0.15) is 0 Å². The van der Waals surface area contributed by atoms with Crippen molar-refractivity contribution >= 4 is 36.1 Å². The highest BCUT2D eigenvalue weighted by Gasteiger charge is 2.44. The van der Waals surface area contributed by atoms with Crippen LogP contribution in [-0.4, -0.2) is 41.3 Å². The molecule has 7 heteroatoms. The van der Waals surface area contributed by atoms with Gasteiger partial charge in [0.25, 0.3) is 0 Å². The van der Waals surface area contributed by atoms with Gasteiger partial charge in [-0.05, 0) is 23.1 Å². The maximum Gasteiger partial charge on any atom is 0.410 e. The number of amidine groups is 1. The van der Waals surface area contributed by atoms with Crippen molar-refractivity contribution in [3.05, 3.63) is 120 Å². The van der Waals surface area contributed by atoms with E-state index in [1.807, 2.05) is 30.0 Å². The Morgan fingerprint density at radius 2 is 1.47 bits per heavy atom. The average molecular weight is 522 g/mol. The maximum atomic E-state index is 12.9. The molecule has 3 aromatic rings. The first kappa shape index (κ1) is 27.4. The lowest BCUT2D eigenvalue weighted by atomic mass is 9.84. The number of likely N-dealkylation sites (tertiary alicyclic amines) is 1. The number of carbonyl (C=O) groups excluding carboxylic acids is 1. The number of ether oxygens (including phenoxy) is 1. The Labute approximate surface area is 223 Å². The van der Waals surface area contributed by atoms with Crippen LogP contribution < -0.4 is 5.73 Å². The summed E-state index contributed by atoms with van der Waals surface area (Å²) in [7, 11) is 0. The molecule has 1 amide bonds. The van der Waals surface area contributed by atoms with Crippen LogP contribution in [0.2, 0.25) is 0 Å². The van der Waals surface area contributed by atoms with Gasteiger partial charge in [-0.15, -0.1) is 24.2 Å². The van der Waals surface area contributed by atoms with Crippen LogP contribution >= 0.6 is 24.2 Å². The van der Waals surface area contributed by atoms with Crippen LogP contribution in [0.4, 0.5) is 4.79 Å². The van der Waals surface area contributed by atoms with Gasteiger partial charge >= 0.3 is 6.09 Å². The van der Waals surface area contributed by atoms with Crippen molar-refractivity contribution in [2.75, 3.05) is 13.2 Å². The molecule has 0 aliphatic carbocycles. The Kier molecular flexibility index (Phi) is 9.62. The highest BCUT2D eigenvalue weighted by molar-refractivity contribution is 8.01. The molecule has 1 aliphatic rings. The zero-order valence-corrected chi connectivity index (χ0v) is 21.7. The highest BCUT2D eigenvalue weighted by Crippen LogP contribution is 2.52. The molecule has 188 valence electrons. The zero-order valence-electron chi connectivity index (χ0n) is 20.1. The lowest BCUT2D eigenvalue weighted by Gasteiger charge is -2.37. The van der Waals surface area contributed by atoms with E-state index >= 15 is 0 Å². The smallest absolute Gasteiger partial charge is 0.410 e. The molecule has 3 N–H and O–H groups in total. The van der Waals surface area contributed by atoms with Crippen LogP contribution in [0.3, 0.4) is 0 Å². The molecule has 0 saturated carbocycles. The van der Waals surface area contributed by atoms with Crippen molar-refractivity contribution in [2.45, 2.75) is 28.9 Å². The van der Waals surface area contributed by atoms with E-state index in [0.717, 1.165) is 6.42 Å². The van der Waals surface area contributed by atoms with Crippen molar-refractivity contribution in [1.29, 1.82) is 5.41 Å². The van der Waals surface area contributed by atoms with Crippen molar-refractivity contribution in [1.82, 2.24) is 4.90 Å². The summed E-state index contributed by atoms with van der Waals surface area (Å²) in [5, 5.41) is 7.96. The minimum atomic E-state index is -0.476. The van der Waals surface area contributed by atoms with Gasteiger partial charge in [-0.1, -0.05) is 104 Å². The van der Waals surface area contributed by atoms with Crippen molar-refractivity contribution in [3.63, 3.8) is 0 Å². The maximum absolute atomic E-state index is 12.9. The summed E-state index contributed by atoms with van der Waals surface area (Å²) in [5.41, 5.74) is 9.30. The number of amides is 1. The molecule has 0 spiro atoms. The van der Waals surface area contributed by atoms with E-state index in [4.69, 9.17) is 15.9 Å². The second-order valence-electron chi connectivity index (χ2n) is 8.66. The van der Waals surface area contributed by atoms with Gasteiger partial charge in [-0.3, -0.25) is 5.41 Å². The predicted octanol–water partition coefficient (Wildman–Crippen LogP) is 6.23. The van der Waals surface area contributed by atoms with E-state index in [-0.39, 0.29) is 42.2 Å². The monoisotopic (exact) mass is 521 g/mol. The SMILES string of the molecule is C=CCOC(=O)N1C[C@@H](SC(c2ccccc2)(c2ccccc2)c2ccccc2)C[C@H]1CC(=N)N.Cl. The summed E-state index contributed by atoms with van der Waals surface area (Å²) < 4.78 is 4.89. The number of carbonyl (C=O) groups is 1. The first-order valence-electron chi connectivity index (χ1n) is 11.8. The molecule has 0 aromatic heterocycles. The van der Waals surface area contributed by atoms with Gasteiger partial charge in [0.1, 0.15) is 6.61 Å². The number of hydrogen-bond acceptors (Lipinski definition) is 4. The second-order valence-corrected chi connectivity index (χ2v) is 10.2. The number of nitrogens with two attached hydrogens (primary N) is 1. The number of rotatable bonds is 9. The van der Waals surface area contributed by atoms with E-state index < -0.39 is 4.75 Å². The zero-order chi connectivity index (χ0) is 24.7. The van der Waals surface area contributed by atoms with Gasteiger partial charge < -0.3 is 15.4 Å². The fraction of sp³-hybridized carbons (Fsp3) is 0.241. The Morgan fingerprint density at radius 1 is 1.00 bits per heavy atom. The van der Waals surface area contributed by atoms with Crippen molar-refractivity contribution < 1.29 is 9.53 Å².